The second-order valence-electron chi connectivity index (χ2n) is 5.41. The fraction of sp³-hybridized carbons (Fsp3) is 0.429. The average molecular weight is 411 g/mol. The Hall–Kier alpha value is -1.65. The van der Waals surface area contributed by atoms with Gasteiger partial charge >= 0.3 is 11.9 Å². The number of halogens is 1. The molecule has 0 unspecified atom stereocenters. The standard InChI is InChI=1S/C14H15ClO8S2/c1-22-13(16)11-10(8-3-5-9(15)6-4-8)12(14(17)23-2)25(20,21)7-24(11,18)19/h3-6,10-12H,7H2,1-2H3/t11-,12-/m1/s1. The van der Waals surface area contributed by atoms with E-state index in [1.54, 1.807) is 0 Å². The molecule has 1 aromatic carbocycles. The van der Waals surface area contributed by atoms with E-state index in [1.165, 1.54) is 24.3 Å². The summed E-state index contributed by atoms with van der Waals surface area (Å²) in [4.78, 5) is 24.3. The van der Waals surface area contributed by atoms with Crippen LogP contribution in [0.5, 0.6) is 0 Å². The summed E-state index contributed by atoms with van der Waals surface area (Å²) in [5.41, 5.74) is 0.141. The van der Waals surface area contributed by atoms with Crippen LogP contribution < -0.4 is 0 Å². The largest absolute Gasteiger partial charge is 0.468 e. The fourth-order valence-corrected chi connectivity index (χ4v) is 8.37. The first kappa shape index (κ1) is 19.7. The van der Waals surface area contributed by atoms with Crippen LogP contribution in [0.3, 0.4) is 0 Å². The molecule has 1 aromatic rings. The van der Waals surface area contributed by atoms with Gasteiger partial charge in [-0.1, -0.05) is 23.7 Å². The maximum Gasteiger partial charge on any atom is 0.324 e. The molecular formula is C14H15ClO8S2. The lowest BCUT2D eigenvalue weighted by molar-refractivity contribution is -0.142. The van der Waals surface area contributed by atoms with E-state index in [2.05, 4.69) is 9.47 Å². The average Bonchev–Trinajstić information content (AvgIpc) is 2.52. The zero-order valence-corrected chi connectivity index (χ0v) is 15.6. The third kappa shape index (κ3) is 3.65. The Bertz CT molecular complexity index is 837. The van der Waals surface area contributed by atoms with Crippen molar-refractivity contribution in [2.75, 3.05) is 19.3 Å². The molecule has 0 radical (unpaired) electrons. The van der Waals surface area contributed by atoms with Crippen molar-refractivity contribution in [3.63, 3.8) is 0 Å². The van der Waals surface area contributed by atoms with Crippen molar-refractivity contribution >= 4 is 43.2 Å². The van der Waals surface area contributed by atoms with Crippen molar-refractivity contribution in [3.05, 3.63) is 34.9 Å². The molecule has 1 fully saturated rings. The van der Waals surface area contributed by atoms with Gasteiger partial charge in [0.2, 0.25) is 0 Å². The van der Waals surface area contributed by atoms with E-state index in [0.717, 1.165) is 14.2 Å². The molecule has 1 aliphatic rings. The van der Waals surface area contributed by atoms with Gasteiger partial charge in [0.05, 0.1) is 14.2 Å². The zero-order valence-electron chi connectivity index (χ0n) is 13.2. The summed E-state index contributed by atoms with van der Waals surface area (Å²) in [6, 6.07) is 5.51. The predicted molar refractivity (Wildman–Crippen MR) is 88.5 cm³/mol. The van der Waals surface area contributed by atoms with Crippen LogP contribution in [0.15, 0.2) is 24.3 Å². The number of methoxy groups -OCH3 is 2. The first-order valence-electron chi connectivity index (χ1n) is 6.89. The number of carbonyl (C=O) groups excluding carboxylic acids is 2. The van der Waals surface area contributed by atoms with Gasteiger partial charge in [-0.25, -0.2) is 16.8 Å². The van der Waals surface area contributed by atoms with Crippen LogP contribution in [-0.4, -0.2) is 58.6 Å². The van der Waals surface area contributed by atoms with Gasteiger partial charge in [-0.2, -0.15) is 0 Å². The number of hydrogen-bond donors (Lipinski definition) is 0. The Kier molecular flexibility index (Phi) is 5.45. The molecule has 0 aromatic heterocycles. The predicted octanol–water partition coefficient (Wildman–Crippen LogP) is 0.307. The molecule has 0 N–H and O–H groups in total. The van der Waals surface area contributed by atoms with Crippen molar-refractivity contribution in [1.82, 2.24) is 0 Å². The highest BCUT2D eigenvalue weighted by Gasteiger charge is 2.58. The van der Waals surface area contributed by atoms with Gasteiger partial charge in [-0.05, 0) is 17.7 Å². The van der Waals surface area contributed by atoms with Crippen LogP contribution in [0.2, 0.25) is 5.02 Å². The summed E-state index contributed by atoms with van der Waals surface area (Å²) in [5.74, 6) is -3.81. The van der Waals surface area contributed by atoms with Crippen LogP contribution in [-0.2, 0) is 38.7 Å². The number of ether oxygens (including phenoxy) is 2. The molecule has 1 heterocycles. The lowest BCUT2D eigenvalue weighted by Gasteiger charge is -2.34. The zero-order chi connectivity index (χ0) is 19.0. The molecule has 25 heavy (non-hydrogen) atoms. The summed E-state index contributed by atoms with van der Waals surface area (Å²) in [7, 11) is -6.90. The van der Waals surface area contributed by atoms with Crippen molar-refractivity contribution in [1.29, 1.82) is 0 Å². The summed E-state index contributed by atoms with van der Waals surface area (Å²) >= 11 is 5.80. The molecule has 1 aliphatic heterocycles. The van der Waals surface area contributed by atoms with Gasteiger partial charge in [0, 0.05) is 10.9 Å². The minimum atomic E-state index is -4.43. The van der Waals surface area contributed by atoms with Gasteiger partial charge in [-0.3, -0.25) is 9.59 Å². The van der Waals surface area contributed by atoms with E-state index >= 15 is 0 Å². The Balaban J connectivity index is 2.77. The van der Waals surface area contributed by atoms with Crippen LogP contribution in [0.4, 0.5) is 0 Å². The molecule has 0 aliphatic carbocycles. The number of sulfone groups is 2. The lowest BCUT2D eigenvalue weighted by Crippen LogP contribution is -2.55. The van der Waals surface area contributed by atoms with Crippen LogP contribution >= 0.6 is 11.6 Å². The number of rotatable bonds is 3. The van der Waals surface area contributed by atoms with Crippen molar-refractivity contribution in [3.8, 4) is 0 Å². The van der Waals surface area contributed by atoms with Gasteiger partial charge in [0.1, 0.15) is 0 Å². The van der Waals surface area contributed by atoms with E-state index in [4.69, 9.17) is 11.6 Å². The summed E-state index contributed by atoms with van der Waals surface area (Å²) in [5, 5.41) is -4.74. The molecule has 11 heteroatoms. The molecule has 2 atom stereocenters. The van der Waals surface area contributed by atoms with Crippen LogP contribution in [0.1, 0.15) is 11.5 Å². The van der Waals surface area contributed by atoms with Gasteiger partial charge < -0.3 is 9.47 Å². The Morgan fingerprint density at radius 3 is 1.68 bits per heavy atom. The second-order valence-corrected chi connectivity index (χ2v) is 10.5. The highest BCUT2D eigenvalue weighted by molar-refractivity contribution is 8.10. The highest BCUT2D eigenvalue weighted by atomic mass is 35.5. The van der Waals surface area contributed by atoms with Crippen LogP contribution in [0.25, 0.3) is 0 Å². The minimum Gasteiger partial charge on any atom is -0.468 e. The third-order valence-corrected chi connectivity index (χ3v) is 9.28. The summed E-state index contributed by atoms with van der Waals surface area (Å²) in [6.07, 6.45) is 0. The van der Waals surface area contributed by atoms with Crippen LogP contribution in [0, 0.1) is 0 Å². The third-order valence-electron chi connectivity index (χ3n) is 3.88. The molecule has 0 spiro atoms. The number of hydrogen-bond acceptors (Lipinski definition) is 8. The number of carbonyl (C=O) groups is 2. The monoisotopic (exact) mass is 410 g/mol. The molecule has 0 bridgehead atoms. The van der Waals surface area contributed by atoms with E-state index < -0.39 is 53.1 Å². The molecule has 1 saturated heterocycles. The Labute approximate surface area is 149 Å². The Morgan fingerprint density at radius 2 is 1.32 bits per heavy atom. The fourth-order valence-electron chi connectivity index (χ4n) is 2.83. The van der Waals surface area contributed by atoms with Gasteiger partial charge in [0.25, 0.3) is 0 Å². The SMILES string of the molecule is COC(=O)[C@H]1C(c2ccc(Cl)cc2)[C@H](C(=O)OC)S(=O)(=O)CS1(=O)=O. The van der Waals surface area contributed by atoms with E-state index in [9.17, 15) is 26.4 Å². The topological polar surface area (TPSA) is 121 Å². The van der Waals surface area contributed by atoms with E-state index in [-0.39, 0.29) is 5.56 Å². The van der Waals surface area contributed by atoms with Crippen molar-refractivity contribution in [2.45, 2.75) is 16.4 Å². The van der Waals surface area contributed by atoms with Crippen molar-refractivity contribution in [2.24, 2.45) is 0 Å². The highest BCUT2D eigenvalue weighted by Crippen LogP contribution is 2.39. The summed E-state index contributed by atoms with van der Waals surface area (Å²) in [6.45, 7) is 0. The molecule has 138 valence electrons. The minimum absolute atomic E-state index is 0.141. The molecule has 0 amide bonds. The maximum atomic E-state index is 12.4. The van der Waals surface area contributed by atoms with E-state index in [0.29, 0.717) is 5.02 Å². The first-order valence-corrected chi connectivity index (χ1v) is 10.7. The molecular weight excluding hydrogens is 396 g/mol. The first-order chi connectivity index (χ1) is 11.5. The van der Waals surface area contributed by atoms with Gasteiger partial charge in [-0.15, -0.1) is 0 Å². The number of benzene rings is 1. The number of esters is 2. The maximum absolute atomic E-state index is 12.4. The smallest absolute Gasteiger partial charge is 0.324 e. The quantitative estimate of drug-likeness (QED) is 0.652. The molecule has 0 saturated carbocycles. The molecule has 8 nitrogen and oxygen atoms in total. The normalized spacial score (nSPS) is 27.2. The lowest BCUT2D eigenvalue weighted by atomic mass is 9.91. The Morgan fingerprint density at radius 1 is 0.920 bits per heavy atom. The van der Waals surface area contributed by atoms with E-state index in [1.807, 2.05) is 0 Å². The molecule has 2 rings (SSSR count). The van der Waals surface area contributed by atoms with Gasteiger partial charge in [0.15, 0.2) is 35.3 Å². The van der Waals surface area contributed by atoms with Crippen molar-refractivity contribution < 1.29 is 35.9 Å². The summed E-state index contributed by atoms with van der Waals surface area (Å²) < 4.78 is 58.9. The second kappa shape index (κ2) is 6.93.